The monoisotopic (exact) mass is 274 g/mol. The summed E-state index contributed by atoms with van der Waals surface area (Å²) in [5, 5.41) is 9.78. The number of aryl methyl sites for hydroxylation is 2. The minimum atomic E-state index is -0.671. The summed E-state index contributed by atoms with van der Waals surface area (Å²) in [5.74, 6) is -0.669. The molecule has 0 amide bonds. The lowest BCUT2D eigenvalue weighted by molar-refractivity contribution is -0.160. The molecule has 1 heterocycles. The van der Waals surface area contributed by atoms with Crippen molar-refractivity contribution in [1.82, 2.24) is 0 Å². The first-order chi connectivity index (χ1) is 9.47. The van der Waals surface area contributed by atoms with Gasteiger partial charge in [0.25, 0.3) is 0 Å². The van der Waals surface area contributed by atoms with Gasteiger partial charge in [-0.2, -0.15) is 0 Å². The van der Waals surface area contributed by atoms with Gasteiger partial charge in [-0.1, -0.05) is 18.2 Å². The van der Waals surface area contributed by atoms with Gasteiger partial charge in [-0.05, 0) is 61.6 Å². The quantitative estimate of drug-likeness (QED) is 0.900. The normalized spacial score (nSPS) is 23.3. The summed E-state index contributed by atoms with van der Waals surface area (Å²) in [6.07, 6.45) is 3.54. The fraction of sp³-hybridized carbons (Fsp3) is 0.588. The standard InChI is InChI=1S/C17H22O3/c1-12-3-4-14(9-13(12)2)17(15(18)19)10-16(11-17)5-7-20-8-6-16/h3-4,9H,5-8,10-11H2,1-2H3,(H,18,19). The van der Waals surface area contributed by atoms with Crippen molar-refractivity contribution in [3.05, 3.63) is 34.9 Å². The number of carboxylic acid groups (broad SMARTS) is 1. The molecule has 0 unspecified atom stereocenters. The molecule has 1 spiro atoms. The average molecular weight is 274 g/mol. The molecule has 3 heteroatoms. The number of aliphatic carboxylic acids is 1. The summed E-state index contributed by atoms with van der Waals surface area (Å²) < 4.78 is 5.42. The zero-order valence-electron chi connectivity index (χ0n) is 12.2. The van der Waals surface area contributed by atoms with Crippen molar-refractivity contribution in [2.75, 3.05) is 13.2 Å². The maximum atomic E-state index is 11.9. The van der Waals surface area contributed by atoms with Crippen LogP contribution in [0.2, 0.25) is 0 Å². The smallest absolute Gasteiger partial charge is 0.314 e. The van der Waals surface area contributed by atoms with Crippen molar-refractivity contribution >= 4 is 5.97 Å². The molecule has 0 radical (unpaired) electrons. The lowest BCUT2D eigenvalue weighted by atomic mass is 9.48. The van der Waals surface area contributed by atoms with E-state index in [0.29, 0.717) is 0 Å². The van der Waals surface area contributed by atoms with Gasteiger partial charge in [-0.15, -0.1) is 0 Å². The van der Waals surface area contributed by atoms with Gasteiger partial charge in [0.05, 0.1) is 5.41 Å². The van der Waals surface area contributed by atoms with E-state index in [1.807, 2.05) is 12.1 Å². The average Bonchev–Trinajstić information content (AvgIpc) is 2.39. The Hall–Kier alpha value is -1.35. The second kappa shape index (κ2) is 4.59. The van der Waals surface area contributed by atoms with E-state index in [4.69, 9.17) is 4.74 Å². The Labute approximate surface area is 120 Å². The molecule has 0 aromatic heterocycles. The molecule has 2 fully saturated rings. The number of rotatable bonds is 2. The van der Waals surface area contributed by atoms with E-state index in [9.17, 15) is 9.90 Å². The molecule has 1 aromatic rings. The minimum absolute atomic E-state index is 0.204. The topological polar surface area (TPSA) is 46.5 Å². The predicted octanol–water partition coefficient (Wildman–Crippen LogP) is 3.22. The Balaban J connectivity index is 1.91. The van der Waals surface area contributed by atoms with Crippen LogP contribution >= 0.6 is 0 Å². The molecule has 108 valence electrons. The number of benzene rings is 1. The van der Waals surface area contributed by atoms with Crippen LogP contribution in [-0.4, -0.2) is 24.3 Å². The molecule has 0 bridgehead atoms. The van der Waals surface area contributed by atoms with Crippen LogP contribution in [-0.2, 0) is 14.9 Å². The molecule has 1 N–H and O–H groups in total. The first-order valence-electron chi connectivity index (χ1n) is 7.36. The molecule has 20 heavy (non-hydrogen) atoms. The first-order valence-corrected chi connectivity index (χ1v) is 7.36. The molecule has 3 rings (SSSR count). The predicted molar refractivity (Wildman–Crippen MR) is 76.9 cm³/mol. The van der Waals surface area contributed by atoms with Crippen LogP contribution in [0.5, 0.6) is 0 Å². The van der Waals surface area contributed by atoms with Gasteiger partial charge in [0.1, 0.15) is 0 Å². The van der Waals surface area contributed by atoms with Crippen molar-refractivity contribution < 1.29 is 14.6 Å². The van der Waals surface area contributed by atoms with Crippen molar-refractivity contribution in [1.29, 1.82) is 0 Å². The summed E-state index contributed by atoms with van der Waals surface area (Å²) in [6, 6.07) is 6.11. The SMILES string of the molecule is Cc1ccc(C2(C(=O)O)CC3(CCOCC3)C2)cc1C. The number of hydrogen-bond acceptors (Lipinski definition) is 2. The minimum Gasteiger partial charge on any atom is -0.481 e. The van der Waals surface area contributed by atoms with Gasteiger partial charge in [0, 0.05) is 13.2 Å². The lowest BCUT2D eigenvalue weighted by Gasteiger charge is -2.56. The molecule has 1 aliphatic heterocycles. The second-order valence-corrected chi connectivity index (χ2v) is 6.65. The van der Waals surface area contributed by atoms with E-state index in [-0.39, 0.29) is 5.41 Å². The van der Waals surface area contributed by atoms with Gasteiger partial charge in [-0.3, -0.25) is 4.79 Å². The zero-order chi connectivity index (χ0) is 14.4. The van der Waals surface area contributed by atoms with Crippen LogP contribution in [0.25, 0.3) is 0 Å². The van der Waals surface area contributed by atoms with E-state index in [1.54, 1.807) is 0 Å². The number of carboxylic acids is 1. The highest BCUT2D eigenvalue weighted by Crippen LogP contribution is 2.60. The van der Waals surface area contributed by atoms with Crippen molar-refractivity contribution in [2.45, 2.75) is 44.9 Å². The Kier molecular flexibility index (Phi) is 3.13. The summed E-state index contributed by atoms with van der Waals surface area (Å²) >= 11 is 0. The fourth-order valence-corrected chi connectivity index (χ4v) is 3.90. The van der Waals surface area contributed by atoms with Gasteiger partial charge in [0.2, 0.25) is 0 Å². The van der Waals surface area contributed by atoms with Crippen LogP contribution in [0.15, 0.2) is 18.2 Å². The van der Waals surface area contributed by atoms with Gasteiger partial charge < -0.3 is 9.84 Å². The fourth-order valence-electron chi connectivity index (χ4n) is 3.90. The van der Waals surface area contributed by atoms with Crippen LogP contribution in [0.3, 0.4) is 0 Å². The molecule has 3 nitrogen and oxygen atoms in total. The lowest BCUT2D eigenvalue weighted by Crippen LogP contribution is -2.56. The van der Waals surface area contributed by atoms with E-state index in [1.165, 1.54) is 11.1 Å². The largest absolute Gasteiger partial charge is 0.481 e. The number of hydrogen-bond donors (Lipinski definition) is 1. The van der Waals surface area contributed by atoms with E-state index < -0.39 is 11.4 Å². The molecule has 2 aliphatic rings. The highest BCUT2D eigenvalue weighted by atomic mass is 16.5. The van der Waals surface area contributed by atoms with Gasteiger partial charge >= 0.3 is 5.97 Å². The Morgan fingerprint density at radius 3 is 2.35 bits per heavy atom. The molecule has 0 atom stereocenters. The molecular formula is C17H22O3. The Bertz CT molecular complexity index is 533. The third kappa shape index (κ3) is 1.96. The van der Waals surface area contributed by atoms with Crippen molar-refractivity contribution in [3.63, 3.8) is 0 Å². The van der Waals surface area contributed by atoms with Crippen molar-refractivity contribution in [3.8, 4) is 0 Å². The van der Waals surface area contributed by atoms with E-state index in [0.717, 1.165) is 44.5 Å². The van der Waals surface area contributed by atoms with Crippen LogP contribution in [0.1, 0.15) is 42.4 Å². The molecular weight excluding hydrogens is 252 g/mol. The van der Waals surface area contributed by atoms with E-state index >= 15 is 0 Å². The molecule has 1 aliphatic carbocycles. The Morgan fingerprint density at radius 2 is 1.80 bits per heavy atom. The third-order valence-corrected chi connectivity index (χ3v) is 5.38. The number of ether oxygens (including phenoxy) is 1. The van der Waals surface area contributed by atoms with Gasteiger partial charge in [-0.25, -0.2) is 0 Å². The van der Waals surface area contributed by atoms with Crippen molar-refractivity contribution in [2.24, 2.45) is 5.41 Å². The summed E-state index contributed by atoms with van der Waals surface area (Å²) in [4.78, 5) is 11.9. The highest BCUT2D eigenvalue weighted by Gasteiger charge is 2.59. The maximum Gasteiger partial charge on any atom is 0.314 e. The van der Waals surface area contributed by atoms with E-state index in [2.05, 4.69) is 19.9 Å². The maximum absolute atomic E-state index is 11.9. The summed E-state index contributed by atoms with van der Waals surface area (Å²) in [6.45, 7) is 5.68. The summed E-state index contributed by atoms with van der Waals surface area (Å²) in [5.41, 5.74) is 2.90. The molecule has 1 aromatic carbocycles. The molecule has 1 saturated carbocycles. The second-order valence-electron chi connectivity index (χ2n) is 6.65. The zero-order valence-corrected chi connectivity index (χ0v) is 12.2. The van der Waals surface area contributed by atoms with Crippen LogP contribution in [0.4, 0.5) is 0 Å². The molecule has 1 saturated heterocycles. The highest BCUT2D eigenvalue weighted by molar-refractivity contribution is 5.83. The Morgan fingerprint density at radius 1 is 1.15 bits per heavy atom. The van der Waals surface area contributed by atoms with Crippen LogP contribution < -0.4 is 0 Å². The summed E-state index contributed by atoms with van der Waals surface area (Å²) in [7, 11) is 0. The van der Waals surface area contributed by atoms with Gasteiger partial charge in [0.15, 0.2) is 0 Å². The number of carbonyl (C=O) groups is 1. The first kappa shape index (κ1) is 13.6. The van der Waals surface area contributed by atoms with Crippen LogP contribution in [0, 0.1) is 19.3 Å². The third-order valence-electron chi connectivity index (χ3n) is 5.38.